The molecule has 4 aliphatic carbocycles. The number of fused-ring (bicyclic) bond motifs is 1. The molecule has 0 radical (unpaired) electrons. The summed E-state index contributed by atoms with van der Waals surface area (Å²) in [6, 6.07) is 7.91. The van der Waals surface area contributed by atoms with Crippen LogP contribution in [0, 0.1) is 17.8 Å². The number of para-hydroxylation sites is 2. The summed E-state index contributed by atoms with van der Waals surface area (Å²) in [5.74, 6) is 3.09. The lowest BCUT2D eigenvalue weighted by Gasteiger charge is -2.56. The number of rotatable bonds is 7. The second-order valence-electron chi connectivity index (χ2n) is 8.65. The molecule has 2 aromatic rings. The van der Waals surface area contributed by atoms with Crippen molar-refractivity contribution < 1.29 is 9.53 Å². The molecule has 0 atom stereocenters. The third kappa shape index (κ3) is 3.74. The van der Waals surface area contributed by atoms with Gasteiger partial charge in [-0.05, 0) is 68.4 Å². The summed E-state index contributed by atoms with van der Waals surface area (Å²) in [5, 5.41) is 3.78. The predicted octanol–water partition coefficient (Wildman–Crippen LogP) is 3.76. The van der Waals surface area contributed by atoms with Crippen LogP contribution in [0.5, 0.6) is 0 Å². The molecule has 4 fully saturated rings. The van der Waals surface area contributed by atoms with Crippen LogP contribution >= 0.6 is 11.8 Å². The summed E-state index contributed by atoms with van der Waals surface area (Å²) in [6.45, 7) is 1.23. The number of carbonyl (C=O) groups excluding carboxylic acids is 1. The van der Waals surface area contributed by atoms with Gasteiger partial charge in [0.15, 0.2) is 5.16 Å². The number of hydrogen-bond donors (Lipinski definition) is 2. The summed E-state index contributed by atoms with van der Waals surface area (Å²) in [6.07, 6.45) is 8.02. The molecule has 1 aromatic heterocycles. The average molecular weight is 386 g/mol. The van der Waals surface area contributed by atoms with Gasteiger partial charge in [0.05, 0.1) is 29.0 Å². The molecule has 2 N–H and O–H groups in total. The Hall–Kier alpha value is -1.53. The van der Waals surface area contributed by atoms with Crippen molar-refractivity contribution in [3.8, 4) is 0 Å². The first kappa shape index (κ1) is 17.6. The second-order valence-corrected chi connectivity index (χ2v) is 9.61. The summed E-state index contributed by atoms with van der Waals surface area (Å²) in [5.41, 5.74) is 2.07. The van der Waals surface area contributed by atoms with Crippen LogP contribution in [0.1, 0.15) is 38.5 Å². The third-order valence-corrected chi connectivity index (χ3v) is 7.40. The van der Waals surface area contributed by atoms with Gasteiger partial charge in [-0.3, -0.25) is 4.79 Å². The molecule has 0 aliphatic heterocycles. The van der Waals surface area contributed by atoms with Gasteiger partial charge in [-0.25, -0.2) is 4.98 Å². The molecule has 0 unspecified atom stereocenters. The van der Waals surface area contributed by atoms with Gasteiger partial charge in [0.2, 0.25) is 5.91 Å². The topological polar surface area (TPSA) is 67.0 Å². The van der Waals surface area contributed by atoms with E-state index in [0.29, 0.717) is 18.9 Å². The van der Waals surface area contributed by atoms with Crippen LogP contribution in [0.25, 0.3) is 11.0 Å². The Balaban J connectivity index is 1.05. The fraction of sp³-hybridized carbons (Fsp3) is 0.619. The lowest BCUT2D eigenvalue weighted by molar-refractivity contribution is -0.161. The van der Waals surface area contributed by atoms with Gasteiger partial charge in [0, 0.05) is 6.54 Å². The number of hydrogen-bond acceptors (Lipinski definition) is 4. The molecule has 1 heterocycles. The van der Waals surface area contributed by atoms with Gasteiger partial charge in [-0.15, -0.1) is 0 Å². The van der Waals surface area contributed by atoms with Crippen molar-refractivity contribution in [3.63, 3.8) is 0 Å². The summed E-state index contributed by atoms with van der Waals surface area (Å²) < 4.78 is 6.36. The van der Waals surface area contributed by atoms with E-state index in [2.05, 4.69) is 15.3 Å². The molecule has 1 aromatic carbocycles. The molecule has 5 nitrogen and oxygen atoms in total. The van der Waals surface area contributed by atoms with Crippen LogP contribution in [0.15, 0.2) is 29.4 Å². The molecule has 6 heteroatoms. The maximum atomic E-state index is 12.1. The van der Waals surface area contributed by atoms with Gasteiger partial charge in [-0.1, -0.05) is 23.9 Å². The zero-order chi connectivity index (χ0) is 18.3. The number of nitrogens with zero attached hydrogens (tertiary/aromatic N) is 1. The van der Waals surface area contributed by atoms with Crippen molar-refractivity contribution in [2.45, 2.75) is 49.3 Å². The van der Waals surface area contributed by atoms with Crippen molar-refractivity contribution in [1.29, 1.82) is 0 Å². The Bertz CT molecular complexity index is 765. The average Bonchev–Trinajstić information content (AvgIpc) is 3.05. The van der Waals surface area contributed by atoms with E-state index in [1.54, 1.807) is 0 Å². The monoisotopic (exact) mass is 385 g/mol. The highest BCUT2D eigenvalue weighted by atomic mass is 32.2. The van der Waals surface area contributed by atoms with Gasteiger partial charge in [-0.2, -0.15) is 0 Å². The van der Waals surface area contributed by atoms with Gasteiger partial charge >= 0.3 is 0 Å². The first-order chi connectivity index (χ1) is 13.2. The number of ether oxygens (including phenoxy) is 1. The number of amides is 1. The molecule has 0 spiro atoms. The Morgan fingerprint density at radius 3 is 2.59 bits per heavy atom. The zero-order valence-electron chi connectivity index (χ0n) is 15.6. The number of aromatic nitrogens is 2. The number of aromatic amines is 1. The van der Waals surface area contributed by atoms with Crippen molar-refractivity contribution in [1.82, 2.24) is 15.3 Å². The van der Waals surface area contributed by atoms with Gasteiger partial charge in [0.1, 0.15) is 0 Å². The SMILES string of the molecule is O=C(CSc1nc2ccccc2[nH]1)NCCOC12CC3CC(CC(C3)C1)C2. The molecule has 27 heavy (non-hydrogen) atoms. The van der Waals surface area contributed by atoms with Gasteiger partial charge < -0.3 is 15.0 Å². The molecule has 0 saturated heterocycles. The first-order valence-corrected chi connectivity index (χ1v) is 11.1. The number of nitrogens with one attached hydrogen (secondary N) is 2. The second kappa shape index (κ2) is 7.13. The number of benzene rings is 1. The number of H-pyrrole nitrogens is 1. The van der Waals surface area contributed by atoms with Crippen LogP contribution < -0.4 is 5.32 Å². The minimum Gasteiger partial charge on any atom is -0.373 e. The zero-order valence-corrected chi connectivity index (χ0v) is 16.4. The van der Waals surface area contributed by atoms with E-state index in [-0.39, 0.29) is 11.5 Å². The summed E-state index contributed by atoms with van der Waals surface area (Å²) >= 11 is 1.44. The fourth-order valence-electron chi connectivity index (χ4n) is 5.85. The van der Waals surface area contributed by atoms with Crippen molar-refractivity contribution >= 4 is 28.7 Å². The van der Waals surface area contributed by atoms with E-state index in [4.69, 9.17) is 4.74 Å². The Kier molecular flexibility index (Phi) is 4.64. The Labute approximate surface area is 164 Å². The normalized spacial score (nSPS) is 31.5. The van der Waals surface area contributed by atoms with Crippen LogP contribution in [0.2, 0.25) is 0 Å². The molecule has 1 amide bonds. The highest BCUT2D eigenvalue weighted by Gasteiger charge is 2.51. The first-order valence-electron chi connectivity index (χ1n) is 10.2. The Morgan fingerprint density at radius 2 is 1.89 bits per heavy atom. The van der Waals surface area contributed by atoms with Crippen molar-refractivity contribution in [3.05, 3.63) is 24.3 Å². The van der Waals surface area contributed by atoms with E-state index >= 15 is 0 Å². The van der Waals surface area contributed by atoms with E-state index < -0.39 is 0 Å². The van der Waals surface area contributed by atoms with Crippen LogP contribution in [0.3, 0.4) is 0 Å². The van der Waals surface area contributed by atoms with Crippen LogP contribution in [-0.2, 0) is 9.53 Å². The molecule has 4 saturated carbocycles. The summed E-state index contributed by atoms with van der Waals surface area (Å²) in [7, 11) is 0. The van der Waals surface area contributed by atoms with E-state index in [1.807, 2.05) is 24.3 Å². The van der Waals surface area contributed by atoms with Crippen molar-refractivity contribution in [2.75, 3.05) is 18.9 Å². The summed E-state index contributed by atoms with van der Waals surface area (Å²) in [4.78, 5) is 19.9. The van der Waals surface area contributed by atoms with Crippen LogP contribution in [0.4, 0.5) is 0 Å². The van der Waals surface area contributed by atoms with E-state index in [1.165, 1.54) is 50.3 Å². The number of imidazole rings is 1. The maximum absolute atomic E-state index is 12.1. The van der Waals surface area contributed by atoms with E-state index in [0.717, 1.165) is 33.9 Å². The maximum Gasteiger partial charge on any atom is 0.230 e. The standard InChI is InChI=1S/C21H27N3O2S/c25-19(13-27-20-23-17-3-1-2-4-18(17)24-20)22-5-6-26-21-10-14-7-15(11-21)9-16(8-14)12-21/h1-4,14-16H,5-13H2,(H,22,25)(H,23,24). The third-order valence-electron chi connectivity index (χ3n) is 6.52. The highest BCUT2D eigenvalue weighted by molar-refractivity contribution is 7.99. The largest absolute Gasteiger partial charge is 0.373 e. The smallest absolute Gasteiger partial charge is 0.230 e. The highest BCUT2D eigenvalue weighted by Crippen LogP contribution is 2.57. The lowest BCUT2D eigenvalue weighted by Crippen LogP contribution is -2.52. The molecule has 4 aliphatic rings. The fourth-order valence-corrected chi connectivity index (χ4v) is 6.56. The van der Waals surface area contributed by atoms with Gasteiger partial charge in [0.25, 0.3) is 0 Å². The molecule has 4 bridgehead atoms. The molecule has 144 valence electrons. The number of thioether (sulfide) groups is 1. The van der Waals surface area contributed by atoms with Crippen molar-refractivity contribution in [2.24, 2.45) is 17.8 Å². The predicted molar refractivity (Wildman–Crippen MR) is 107 cm³/mol. The lowest BCUT2D eigenvalue weighted by atomic mass is 9.54. The minimum absolute atomic E-state index is 0.0366. The van der Waals surface area contributed by atoms with E-state index in [9.17, 15) is 4.79 Å². The molecule has 6 rings (SSSR count). The quantitative estimate of drug-likeness (QED) is 0.563. The number of carbonyl (C=O) groups is 1. The Morgan fingerprint density at radius 1 is 1.19 bits per heavy atom. The molecular formula is C21H27N3O2S. The minimum atomic E-state index is 0.0366. The molecular weight excluding hydrogens is 358 g/mol. The van der Waals surface area contributed by atoms with Crippen LogP contribution in [-0.4, -0.2) is 40.4 Å².